The molecule has 0 unspecified atom stereocenters. The molecular formula is C20H18ClN3O. The fourth-order valence-corrected chi connectivity index (χ4v) is 3.39. The van der Waals surface area contributed by atoms with Crippen molar-refractivity contribution in [1.29, 1.82) is 0 Å². The number of fused-ring (bicyclic) bond motifs is 2. The Morgan fingerprint density at radius 2 is 1.72 bits per heavy atom. The van der Waals surface area contributed by atoms with Gasteiger partial charge in [-0.2, -0.15) is 0 Å². The highest BCUT2D eigenvalue weighted by molar-refractivity contribution is 6.31. The first-order chi connectivity index (χ1) is 12.2. The Morgan fingerprint density at radius 1 is 0.960 bits per heavy atom. The molecule has 0 aliphatic rings. The summed E-state index contributed by atoms with van der Waals surface area (Å²) in [5.74, 6) is 0.0349. The first-order valence-corrected chi connectivity index (χ1v) is 8.66. The fraction of sp³-hybridized carbons (Fsp3) is 0.150. The van der Waals surface area contributed by atoms with Gasteiger partial charge in [0.25, 0.3) is 0 Å². The van der Waals surface area contributed by atoms with Crippen LogP contribution in [0.2, 0.25) is 5.02 Å². The number of benzene rings is 2. The van der Waals surface area contributed by atoms with Gasteiger partial charge in [0.2, 0.25) is 5.91 Å². The molecule has 0 fully saturated rings. The van der Waals surface area contributed by atoms with Crippen LogP contribution in [-0.4, -0.2) is 22.4 Å². The molecule has 25 heavy (non-hydrogen) atoms. The van der Waals surface area contributed by atoms with E-state index in [-0.39, 0.29) is 5.91 Å². The second kappa shape index (κ2) is 6.65. The van der Waals surface area contributed by atoms with Gasteiger partial charge in [-0.15, -0.1) is 0 Å². The molecule has 0 aliphatic heterocycles. The molecule has 2 aromatic heterocycles. The van der Waals surface area contributed by atoms with Gasteiger partial charge in [0.1, 0.15) is 0 Å². The van der Waals surface area contributed by atoms with E-state index in [2.05, 4.69) is 15.3 Å². The van der Waals surface area contributed by atoms with Crippen LogP contribution in [0.1, 0.15) is 11.1 Å². The van der Waals surface area contributed by atoms with E-state index in [1.54, 1.807) is 0 Å². The van der Waals surface area contributed by atoms with E-state index in [1.165, 1.54) is 5.56 Å². The van der Waals surface area contributed by atoms with Gasteiger partial charge in [-0.25, -0.2) is 0 Å². The highest BCUT2D eigenvalue weighted by Crippen LogP contribution is 2.22. The molecule has 0 saturated carbocycles. The van der Waals surface area contributed by atoms with Gasteiger partial charge in [0, 0.05) is 45.8 Å². The van der Waals surface area contributed by atoms with E-state index in [0.29, 0.717) is 18.0 Å². The minimum absolute atomic E-state index is 0.0349. The molecule has 0 bridgehead atoms. The molecule has 3 N–H and O–H groups in total. The lowest BCUT2D eigenvalue weighted by Crippen LogP contribution is -2.27. The molecule has 126 valence electrons. The Labute approximate surface area is 150 Å². The van der Waals surface area contributed by atoms with Gasteiger partial charge < -0.3 is 15.3 Å². The number of hydrogen-bond acceptors (Lipinski definition) is 1. The number of amides is 1. The summed E-state index contributed by atoms with van der Waals surface area (Å²) < 4.78 is 0. The molecule has 0 saturated heterocycles. The average molecular weight is 352 g/mol. The number of nitrogens with one attached hydrogen (secondary N) is 3. The van der Waals surface area contributed by atoms with Crippen LogP contribution < -0.4 is 5.32 Å². The maximum absolute atomic E-state index is 12.2. The number of para-hydroxylation sites is 1. The van der Waals surface area contributed by atoms with Crippen molar-refractivity contribution in [2.45, 2.75) is 12.8 Å². The topological polar surface area (TPSA) is 60.7 Å². The van der Waals surface area contributed by atoms with Crippen LogP contribution in [0.15, 0.2) is 54.9 Å². The lowest BCUT2D eigenvalue weighted by atomic mass is 10.1. The minimum atomic E-state index is 0.0349. The van der Waals surface area contributed by atoms with E-state index in [1.807, 2.05) is 54.9 Å². The highest BCUT2D eigenvalue weighted by atomic mass is 35.5. The summed E-state index contributed by atoms with van der Waals surface area (Å²) in [6.07, 6.45) is 5.05. The average Bonchev–Trinajstić information content (AvgIpc) is 3.19. The number of H-pyrrole nitrogens is 2. The number of halogens is 1. The smallest absolute Gasteiger partial charge is 0.224 e. The molecule has 5 heteroatoms. The van der Waals surface area contributed by atoms with Crippen LogP contribution in [0.3, 0.4) is 0 Å². The van der Waals surface area contributed by atoms with Gasteiger partial charge in [0.05, 0.1) is 6.42 Å². The van der Waals surface area contributed by atoms with Gasteiger partial charge in [-0.1, -0.05) is 35.9 Å². The molecule has 4 rings (SSSR count). The highest BCUT2D eigenvalue weighted by Gasteiger charge is 2.09. The van der Waals surface area contributed by atoms with Crippen molar-refractivity contribution in [3.8, 4) is 0 Å². The summed E-state index contributed by atoms with van der Waals surface area (Å²) in [5.41, 5.74) is 4.28. The molecule has 0 atom stereocenters. The van der Waals surface area contributed by atoms with Crippen LogP contribution >= 0.6 is 11.6 Å². The zero-order valence-electron chi connectivity index (χ0n) is 13.6. The number of aromatic nitrogens is 2. The molecule has 0 spiro atoms. The fourth-order valence-electron chi connectivity index (χ4n) is 3.22. The second-order valence-corrected chi connectivity index (χ2v) is 6.58. The summed E-state index contributed by atoms with van der Waals surface area (Å²) in [6.45, 7) is 0.608. The van der Waals surface area contributed by atoms with E-state index in [4.69, 9.17) is 11.6 Å². The van der Waals surface area contributed by atoms with Crippen molar-refractivity contribution in [2.75, 3.05) is 6.54 Å². The molecule has 4 aromatic rings. The number of carbonyl (C=O) groups is 1. The Balaban J connectivity index is 1.37. The molecule has 2 heterocycles. The van der Waals surface area contributed by atoms with Crippen molar-refractivity contribution < 1.29 is 4.79 Å². The summed E-state index contributed by atoms with van der Waals surface area (Å²) in [6, 6.07) is 13.8. The van der Waals surface area contributed by atoms with E-state index < -0.39 is 0 Å². The molecule has 2 aromatic carbocycles. The standard InChI is InChI=1S/C20H18ClN3O/c21-15-5-6-17-13(11-24-19(17)10-15)7-8-22-20(25)9-14-12-23-18-4-2-1-3-16(14)18/h1-6,10-12,23-24H,7-9H2,(H,22,25). The van der Waals surface area contributed by atoms with Crippen molar-refractivity contribution in [1.82, 2.24) is 15.3 Å². The Hall–Kier alpha value is -2.72. The van der Waals surface area contributed by atoms with Crippen LogP contribution in [-0.2, 0) is 17.6 Å². The third-order valence-electron chi connectivity index (χ3n) is 4.47. The Bertz CT molecular complexity index is 1050. The van der Waals surface area contributed by atoms with Gasteiger partial charge in [-0.3, -0.25) is 4.79 Å². The lowest BCUT2D eigenvalue weighted by molar-refractivity contribution is -0.120. The number of carbonyl (C=O) groups excluding carboxylic acids is 1. The Kier molecular flexibility index (Phi) is 4.20. The predicted octanol–water partition coefficient (Wildman–Crippen LogP) is 4.20. The van der Waals surface area contributed by atoms with Crippen LogP contribution in [0.25, 0.3) is 21.8 Å². The maximum Gasteiger partial charge on any atom is 0.224 e. The van der Waals surface area contributed by atoms with Gasteiger partial charge in [-0.05, 0) is 35.7 Å². The predicted molar refractivity (Wildman–Crippen MR) is 102 cm³/mol. The third kappa shape index (κ3) is 3.26. The van der Waals surface area contributed by atoms with E-state index >= 15 is 0 Å². The lowest BCUT2D eigenvalue weighted by Gasteiger charge is -2.05. The quantitative estimate of drug-likeness (QED) is 0.495. The van der Waals surface area contributed by atoms with E-state index in [0.717, 1.165) is 33.8 Å². The second-order valence-electron chi connectivity index (χ2n) is 6.14. The van der Waals surface area contributed by atoms with Crippen molar-refractivity contribution in [3.63, 3.8) is 0 Å². The normalized spacial score (nSPS) is 11.2. The zero-order chi connectivity index (χ0) is 17.2. The van der Waals surface area contributed by atoms with Gasteiger partial charge >= 0.3 is 0 Å². The largest absolute Gasteiger partial charge is 0.361 e. The molecule has 0 radical (unpaired) electrons. The summed E-state index contributed by atoms with van der Waals surface area (Å²) in [4.78, 5) is 18.7. The molecular weight excluding hydrogens is 334 g/mol. The van der Waals surface area contributed by atoms with Crippen molar-refractivity contribution in [3.05, 3.63) is 71.0 Å². The van der Waals surface area contributed by atoms with Crippen molar-refractivity contribution >= 4 is 39.3 Å². The first-order valence-electron chi connectivity index (χ1n) is 8.28. The minimum Gasteiger partial charge on any atom is -0.361 e. The monoisotopic (exact) mass is 351 g/mol. The summed E-state index contributed by atoms with van der Waals surface area (Å²) >= 11 is 6.00. The first kappa shape index (κ1) is 15.8. The summed E-state index contributed by atoms with van der Waals surface area (Å²) in [7, 11) is 0. The summed E-state index contributed by atoms with van der Waals surface area (Å²) in [5, 5.41) is 5.97. The Morgan fingerprint density at radius 3 is 2.64 bits per heavy atom. The van der Waals surface area contributed by atoms with Gasteiger partial charge in [0.15, 0.2) is 0 Å². The van der Waals surface area contributed by atoms with Crippen LogP contribution in [0.5, 0.6) is 0 Å². The molecule has 0 aliphatic carbocycles. The van der Waals surface area contributed by atoms with Crippen molar-refractivity contribution in [2.24, 2.45) is 0 Å². The zero-order valence-corrected chi connectivity index (χ0v) is 14.4. The maximum atomic E-state index is 12.2. The molecule has 1 amide bonds. The number of aromatic amines is 2. The van der Waals surface area contributed by atoms with Crippen LogP contribution in [0.4, 0.5) is 0 Å². The number of hydrogen-bond donors (Lipinski definition) is 3. The SMILES string of the molecule is O=C(Cc1c[nH]c2ccccc12)NCCc1c[nH]c2cc(Cl)ccc12. The number of rotatable bonds is 5. The molecule has 4 nitrogen and oxygen atoms in total. The van der Waals surface area contributed by atoms with Crippen LogP contribution in [0, 0.1) is 0 Å². The van der Waals surface area contributed by atoms with E-state index in [9.17, 15) is 4.79 Å². The third-order valence-corrected chi connectivity index (χ3v) is 4.71.